The monoisotopic (exact) mass is 283 g/mol. The molecular formula is C16H17N3O2. The average molecular weight is 283 g/mol. The van der Waals surface area contributed by atoms with Crippen molar-refractivity contribution in [3.63, 3.8) is 0 Å². The Bertz CT molecular complexity index is 713. The summed E-state index contributed by atoms with van der Waals surface area (Å²) in [5.41, 5.74) is 4.01. The molecule has 1 aromatic heterocycles. The highest BCUT2D eigenvalue weighted by atomic mass is 16.7. The van der Waals surface area contributed by atoms with E-state index in [9.17, 15) is 0 Å². The molecule has 1 aromatic carbocycles. The van der Waals surface area contributed by atoms with Crippen LogP contribution in [-0.2, 0) is 20.1 Å². The largest absolute Gasteiger partial charge is 0.454 e. The zero-order valence-corrected chi connectivity index (χ0v) is 12.1. The van der Waals surface area contributed by atoms with Crippen molar-refractivity contribution in [2.75, 3.05) is 6.79 Å². The van der Waals surface area contributed by atoms with Gasteiger partial charge in [0.2, 0.25) is 6.79 Å². The van der Waals surface area contributed by atoms with Crippen molar-refractivity contribution in [3.8, 4) is 17.6 Å². The van der Waals surface area contributed by atoms with Gasteiger partial charge in [0.1, 0.15) is 11.8 Å². The van der Waals surface area contributed by atoms with Crippen molar-refractivity contribution in [1.82, 2.24) is 9.88 Å². The zero-order valence-electron chi connectivity index (χ0n) is 12.1. The number of rotatable bonds is 4. The Hall–Kier alpha value is -2.45. The smallest absolute Gasteiger partial charge is 0.231 e. The molecule has 0 aliphatic carbocycles. The third-order valence-corrected chi connectivity index (χ3v) is 3.86. The van der Waals surface area contributed by atoms with Crippen LogP contribution in [0.4, 0.5) is 0 Å². The number of fused-ring (bicyclic) bond motifs is 1. The molecule has 0 bridgehead atoms. The third-order valence-electron chi connectivity index (χ3n) is 3.86. The first kappa shape index (κ1) is 13.5. The van der Waals surface area contributed by atoms with E-state index in [4.69, 9.17) is 14.7 Å². The summed E-state index contributed by atoms with van der Waals surface area (Å²) in [6, 6.07) is 10.0. The van der Waals surface area contributed by atoms with Crippen LogP contribution in [0.15, 0.2) is 24.3 Å². The number of hydrogen-bond acceptors (Lipinski definition) is 4. The molecule has 5 nitrogen and oxygen atoms in total. The molecule has 2 aromatic rings. The molecule has 3 rings (SSSR count). The number of nitriles is 1. The van der Waals surface area contributed by atoms with E-state index >= 15 is 0 Å². The first-order chi connectivity index (χ1) is 10.2. The van der Waals surface area contributed by atoms with E-state index in [0.717, 1.165) is 28.3 Å². The van der Waals surface area contributed by atoms with Gasteiger partial charge in [-0.3, -0.25) is 0 Å². The highest BCUT2D eigenvalue weighted by Crippen LogP contribution is 2.35. The molecule has 108 valence electrons. The minimum absolute atomic E-state index is 0.287. The first-order valence-corrected chi connectivity index (χ1v) is 6.84. The van der Waals surface area contributed by atoms with E-state index in [0.29, 0.717) is 18.8 Å². The Morgan fingerprint density at radius 1 is 1.29 bits per heavy atom. The molecule has 0 amide bonds. The van der Waals surface area contributed by atoms with Crippen LogP contribution in [-0.4, -0.2) is 11.4 Å². The molecule has 1 aliphatic rings. The molecule has 21 heavy (non-hydrogen) atoms. The maximum atomic E-state index is 9.04. The lowest BCUT2D eigenvalue weighted by atomic mass is 10.1. The molecule has 2 heterocycles. The Morgan fingerprint density at radius 3 is 2.86 bits per heavy atom. The van der Waals surface area contributed by atoms with Crippen LogP contribution in [0.5, 0.6) is 11.5 Å². The van der Waals surface area contributed by atoms with Gasteiger partial charge < -0.3 is 19.4 Å². The van der Waals surface area contributed by atoms with E-state index in [1.54, 1.807) is 0 Å². The Labute approximate surface area is 123 Å². The lowest BCUT2D eigenvalue weighted by Gasteiger charge is -2.08. The lowest BCUT2D eigenvalue weighted by molar-refractivity contribution is 0.173. The van der Waals surface area contributed by atoms with Gasteiger partial charge in [0.25, 0.3) is 0 Å². The van der Waals surface area contributed by atoms with Gasteiger partial charge in [-0.25, -0.2) is 0 Å². The summed E-state index contributed by atoms with van der Waals surface area (Å²) in [5, 5.41) is 12.4. The fraction of sp³-hybridized carbons (Fsp3) is 0.312. The normalized spacial score (nSPS) is 12.4. The van der Waals surface area contributed by atoms with Crippen LogP contribution in [0, 0.1) is 18.3 Å². The molecule has 0 unspecified atom stereocenters. The van der Waals surface area contributed by atoms with Gasteiger partial charge in [-0.1, -0.05) is 12.1 Å². The topological polar surface area (TPSA) is 59.2 Å². The molecular weight excluding hydrogens is 266 g/mol. The summed E-state index contributed by atoms with van der Waals surface area (Å²) in [5.74, 6) is 1.63. The van der Waals surface area contributed by atoms with Crippen molar-refractivity contribution >= 4 is 0 Å². The number of nitrogens with one attached hydrogen (secondary N) is 1. The van der Waals surface area contributed by atoms with Crippen molar-refractivity contribution in [2.45, 2.75) is 20.0 Å². The fourth-order valence-electron chi connectivity index (χ4n) is 2.51. The molecule has 1 aliphatic heterocycles. The minimum atomic E-state index is 0.287. The van der Waals surface area contributed by atoms with Crippen molar-refractivity contribution in [2.24, 2.45) is 7.05 Å². The van der Waals surface area contributed by atoms with Crippen molar-refractivity contribution in [3.05, 3.63) is 46.8 Å². The number of hydrogen-bond donors (Lipinski definition) is 1. The maximum Gasteiger partial charge on any atom is 0.231 e. The summed E-state index contributed by atoms with van der Waals surface area (Å²) >= 11 is 0. The van der Waals surface area contributed by atoms with Gasteiger partial charge in [-0.05, 0) is 24.6 Å². The van der Waals surface area contributed by atoms with E-state index in [1.165, 1.54) is 0 Å². The van der Waals surface area contributed by atoms with Gasteiger partial charge in [-0.15, -0.1) is 0 Å². The van der Waals surface area contributed by atoms with E-state index < -0.39 is 0 Å². The van der Waals surface area contributed by atoms with Gasteiger partial charge in [-0.2, -0.15) is 5.26 Å². The molecule has 0 saturated carbocycles. The second-order valence-corrected chi connectivity index (χ2v) is 5.07. The molecule has 0 fully saturated rings. The number of para-hydroxylation sites is 1. The quantitative estimate of drug-likeness (QED) is 0.934. The molecule has 5 heteroatoms. The number of aromatic nitrogens is 1. The second kappa shape index (κ2) is 5.51. The highest BCUT2D eigenvalue weighted by Gasteiger charge is 2.16. The minimum Gasteiger partial charge on any atom is -0.454 e. The summed E-state index contributed by atoms with van der Waals surface area (Å²) in [7, 11) is 1.91. The van der Waals surface area contributed by atoms with Crippen molar-refractivity contribution < 1.29 is 9.47 Å². The number of ether oxygens (including phenoxy) is 2. The van der Waals surface area contributed by atoms with Crippen LogP contribution < -0.4 is 14.8 Å². The number of benzene rings is 1. The molecule has 0 atom stereocenters. The van der Waals surface area contributed by atoms with Gasteiger partial charge in [0.05, 0.1) is 0 Å². The summed E-state index contributed by atoms with van der Waals surface area (Å²) in [4.78, 5) is 0. The van der Waals surface area contributed by atoms with E-state index in [2.05, 4.69) is 11.4 Å². The van der Waals surface area contributed by atoms with Crippen LogP contribution in [0.2, 0.25) is 0 Å². The van der Waals surface area contributed by atoms with Crippen molar-refractivity contribution in [1.29, 1.82) is 5.26 Å². The first-order valence-electron chi connectivity index (χ1n) is 6.84. The Morgan fingerprint density at radius 2 is 2.10 bits per heavy atom. The summed E-state index contributed by atoms with van der Waals surface area (Å²) < 4.78 is 12.8. The number of nitrogens with zero attached hydrogens (tertiary/aromatic N) is 2. The third kappa shape index (κ3) is 2.46. The van der Waals surface area contributed by atoms with Crippen LogP contribution in [0.3, 0.4) is 0 Å². The van der Waals surface area contributed by atoms with Gasteiger partial charge >= 0.3 is 0 Å². The molecule has 1 N–H and O–H groups in total. The summed E-state index contributed by atoms with van der Waals surface area (Å²) in [6.07, 6.45) is 0. The predicted octanol–water partition coefficient (Wildman–Crippen LogP) is 2.22. The Kier molecular flexibility index (Phi) is 3.55. The Balaban J connectivity index is 1.68. The van der Waals surface area contributed by atoms with Crippen LogP contribution >= 0.6 is 0 Å². The standard InChI is InChI=1S/C16H17N3O2/c1-11-13(6-14(7-17)19(11)2)9-18-8-12-4-3-5-15-16(12)21-10-20-15/h3-6,18H,8-10H2,1-2H3. The fourth-order valence-corrected chi connectivity index (χ4v) is 2.51. The van der Waals surface area contributed by atoms with Crippen LogP contribution in [0.1, 0.15) is 22.5 Å². The van der Waals surface area contributed by atoms with E-state index in [-0.39, 0.29) is 6.79 Å². The second-order valence-electron chi connectivity index (χ2n) is 5.07. The SMILES string of the molecule is Cc1c(CNCc2cccc3c2OCO3)cc(C#N)n1C. The maximum absolute atomic E-state index is 9.04. The average Bonchev–Trinajstić information content (AvgIpc) is 3.07. The summed E-state index contributed by atoms with van der Waals surface area (Å²) in [6.45, 7) is 3.72. The molecule has 0 spiro atoms. The van der Waals surface area contributed by atoms with Gasteiger partial charge in [0, 0.05) is 31.4 Å². The van der Waals surface area contributed by atoms with Crippen LogP contribution in [0.25, 0.3) is 0 Å². The predicted molar refractivity (Wildman–Crippen MR) is 78.0 cm³/mol. The highest BCUT2D eigenvalue weighted by molar-refractivity contribution is 5.48. The zero-order chi connectivity index (χ0) is 14.8. The molecule has 0 radical (unpaired) electrons. The van der Waals surface area contributed by atoms with E-state index in [1.807, 2.05) is 42.8 Å². The van der Waals surface area contributed by atoms with Gasteiger partial charge in [0.15, 0.2) is 11.5 Å². The molecule has 0 saturated heterocycles. The lowest BCUT2D eigenvalue weighted by Crippen LogP contribution is -2.13.